The first-order valence-corrected chi connectivity index (χ1v) is 7.27. The average molecular weight is 288 g/mol. The van der Waals surface area contributed by atoms with Crippen LogP contribution in [0, 0.1) is 5.92 Å². The van der Waals surface area contributed by atoms with Crippen molar-refractivity contribution in [2.24, 2.45) is 5.92 Å². The summed E-state index contributed by atoms with van der Waals surface area (Å²) in [6.45, 7) is 5.57. The van der Waals surface area contributed by atoms with Crippen LogP contribution in [0.3, 0.4) is 0 Å². The maximum atomic E-state index is 12.5. The highest BCUT2D eigenvalue weighted by molar-refractivity contribution is 6.19. The first-order chi connectivity index (χ1) is 10.0. The van der Waals surface area contributed by atoms with Gasteiger partial charge >= 0.3 is 0 Å². The fourth-order valence-corrected chi connectivity index (χ4v) is 2.51. The Morgan fingerprint density at radius 1 is 1.10 bits per heavy atom. The van der Waals surface area contributed by atoms with Crippen molar-refractivity contribution in [3.8, 4) is 0 Å². The van der Waals surface area contributed by atoms with Crippen LogP contribution in [-0.4, -0.2) is 24.3 Å². The van der Waals surface area contributed by atoms with Crippen LogP contribution in [-0.2, 0) is 14.4 Å². The van der Waals surface area contributed by atoms with E-state index in [0.29, 0.717) is 24.3 Å². The normalized spacial score (nSPS) is 18.2. The van der Waals surface area contributed by atoms with Gasteiger partial charge in [0.15, 0.2) is 0 Å². The van der Waals surface area contributed by atoms with E-state index in [1.165, 1.54) is 4.90 Å². The van der Waals surface area contributed by atoms with E-state index in [-0.39, 0.29) is 24.1 Å². The molecule has 112 valence electrons. The lowest BCUT2D eigenvalue weighted by Gasteiger charge is -2.24. The maximum absolute atomic E-state index is 12.5. The molecule has 0 radical (unpaired) electrons. The number of fused-ring (bicyclic) bond motifs is 1. The third-order valence-electron chi connectivity index (χ3n) is 3.67. The smallest absolute Gasteiger partial charge is 0.238 e. The topological polar surface area (TPSA) is 57.7 Å². The zero-order chi connectivity index (χ0) is 15.6. The molecule has 1 aromatic rings. The minimum atomic E-state index is -0.414. The second-order valence-corrected chi connectivity index (χ2v) is 5.17. The van der Waals surface area contributed by atoms with Gasteiger partial charge in [0.1, 0.15) is 0 Å². The second-order valence-electron chi connectivity index (χ2n) is 5.17. The van der Waals surface area contributed by atoms with E-state index < -0.39 is 5.92 Å². The molecule has 0 spiro atoms. The molecule has 3 amide bonds. The highest BCUT2D eigenvalue weighted by atomic mass is 16.2. The number of hydrogen-bond donors (Lipinski definition) is 0. The number of carbonyl (C=O) groups is 3. The summed E-state index contributed by atoms with van der Waals surface area (Å²) in [7, 11) is 0. The molecule has 1 heterocycles. The fourth-order valence-electron chi connectivity index (χ4n) is 2.51. The number of carbonyl (C=O) groups excluding carboxylic acids is 3. The summed E-state index contributed by atoms with van der Waals surface area (Å²) in [5, 5.41) is 0. The lowest BCUT2D eigenvalue weighted by atomic mass is 10.1. The van der Waals surface area contributed by atoms with Crippen molar-refractivity contribution in [3.63, 3.8) is 0 Å². The number of amides is 3. The van der Waals surface area contributed by atoms with Crippen molar-refractivity contribution in [1.82, 2.24) is 0 Å². The summed E-state index contributed by atoms with van der Waals surface area (Å²) in [4.78, 5) is 39.7. The standard InChI is InChI=1S/C16H20N2O3/c1-4-14(19)17-10-11(3)16(21)18(15(20)5-2)13-9-7-6-8-12(13)17/h6-9,11H,4-5,10H2,1-3H3/t11-/m0/s1. The number of anilines is 2. The van der Waals surface area contributed by atoms with Gasteiger partial charge in [0, 0.05) is 19.4 Å². The zero-order valence-corrected chi connectivity index (χ0v) is 12.6. The predicted molar refractivity (Wildman–Crippen MR) is 81.0 cm³/mol. The van der Waals surface area contributed by atoms with Crippen molar-refractivity contribution >= 4 is 29.1 Å². The van der Waals surface area contributed by atoms with Crippen LogP contribution in [0.1, 0.15) is 33.6 Å². The number of rotatable bonds is 2. The van der Waals surface area contributed by atoms with Gasteiger partial charge in [-0.05, 0) is 12.1 Å². The maximum Gasteiger partial charge on any atom is 0.238 e. The van der Waals surface area contributed by atoms with Crippen molar-refractivity contribution in [2.45, 2.75) is 33.6 Å². The largest absolute Gasteiger partial charge is 0.310 e. The Bertz CT molecular complexity index is 583. The molecule has 21 heavy (non-hydrogen) atoms. The van der Waals surface area contributed by atoms with E-state index in [9.17, 15) is 14.4 Å². The summed E-state index contributed by atoms with van der Waals surface area (Å²) in [6, 6.07) is 7.08. The lowest BCUT2D eigenvalue weighted by Crippen LogP contribution is -2.41. The molecule has 0 unspecified atom stereocenters. The Balaban J connectivity index is 2.61. The van der Waals surface area contributed by atoms with E-state index in [1.54, 1.807) is 43.9 Å². The minimum absolute atomic E-state index is 0.0482. The molecule has 1 aliphatic heterocycles. The lowest BCUT2D eigenvalue weighted by molar-refractivity contribution is -0.128. The van der Waals surface area contributed by atoms with E-state index in [4.69, 9.17) is 0 Å². The molecule has 0 saturated carbocycles. The van der Waals surface area contributed by atoms with Crippen molar-refractivity contribution < 1.29 is 14.4 Å². The molecule has 2 rings (SSSR count). The first-order valence-electron chi connectivity index (χ1n) is 7.27. The Kier molecular flexibility index (Phi) is 4.40. The van der Waals surface area contributed by atoms with Gasteiger partial charge in [-0.25, -0.2) is 4.90 Å². The molecule has 0 fully saturated rings. The van der Waals surface area contributed by atoms with Gasteiger partial charge in [-0.2, -0.15) is 0 Å². The number of benzene rings is 1. The van der Waals surface area contributed by atoms with E-state index in [0.717, 1.165) is 0 Å². The summed E-state index contributed by atoms with van der Waals surface area (Å²) in [6.07, 6.45) is 0.603. The Morgan fingerprint density at radius 2 is 1.67 bits per heavy atom. The molecule has 1 atom stereocenters. The van der Waals surface area contributed by atoms with Crippen molar-refractivity contribution in [2.75, 3.05) is 16.3 Å². The molecule has 0 N–H and O–H groups in total. The van der Waals surface area contributed by atoms with Crippen molar-refractivity contribution in [3.05, 3.63) is 24.3 Å². The van der Waals surface area contributed by atoms with E-state index in [2.05, 4.69) is 0 Å². The van der Waals surface area contributed by atoms with Crippen LogP contribution in [0.5, 0.6) is 0 Å². The Labute approximate surface area is 124 Å². The molecule has 0 bridgehead atoms. The van der Waals surface area contributed by atoms with Gasteiger partial charge in [0.25, 0.3) is 0 Å². The SMILES string of the molecule is CCC(=O)N1C[C@H](C)C(=O)N(C(=O)CC)c2ccccc21. The molecule has 5 nitrogen and oxygen atoms in total. The van der Waals surface area contributed by atoms with Gasteiger partial charge < -0.3 is 4.90 Å². The molecule has 1 aromatic carbocycles. The van der Waals surface area contributed by atoms with Gasteiger partial charge in [-0.3, -0.25) is 14.4 Å². The molecule has 0 aromatic heterocycles. The fraction of sp³-hybridized carbons (Fsp3) is 0.438. The Hall–Kier alpha value is -2.17. The molecular formula is C16H20N2O3. The third kappa shape index (κ3) is 2.68. The van der Waals surface area contributed by atoms with Gasteiger partial charge in [0.2, 0.25) is 17.7 Å². The average Bonchev–Trinajstić information content (AvgIpc) is 2.62. The Morgan fingerprint density at radius 3 is 2.24 bits per heavy atom. The van der Waals surface area contributed by atoms with Gasteiger partial charge in [-0.15, -0.1) is 0 Å². The van der Waals surface area contributed by atoms with Crippen LogP contribution in [0.25, 0.3) is 0 Å². The number of hydrogen-bond acceptors (Lipinski definition) is 3. The predicted octanol–water partition coefficient (Wildman–Crippen LogP) is 2.35. The summed E-state index contributed by atoms with van der Waals surface area (Å²) in [5.41, 5.74) is 1.13. The molecule has 5 heteroatoms. The first kappa shape index (κ1) is 15.2. The monoisotopic (exact) mass is 288 g/mol. The van der Waals surface area contributed by atoms with Gasteiger partial charge in [-0.1, -0.05) is 32.9 Å². The van der Waals surface area contributed by atoms with Crippen LogP contribution in [0.2, 0.25) is 0 Å². The van der Waals surface area contributed by atoms with Crippen molar-refractivity contribution in [1.29, 1.82) is 0 Å². The highest BCUT2D eigenvalue weighted by Crippen LogP contribution is 2.34. The zero-order valence-electron chi connectivity index (χ0n) is 12.6. The second kappa shape index (κ2) is 6.08. The van der Waals surface area contributed by atoms with Gasteiger partial charge in [0.05, 0.1) is 17.3 Å². The molecule has 0 aliphatic carbocycles. The summed E-state index contributed by atoms with van der Waals surface area (Å²) < 4.78 is 0. The number of para-hydroxylation sites is 2. The minimum Gasteiger partial charge on any atom is -0.310 e. The molecular weight excluding hydrogens is 268 g/mol. The van der Waals surface area contributed by atoms with Crippen LogP contribution >= 0.6 is 0 Å². The highest BCUT2D eigenvalue weighted by Gasteiger charge is 2.35. The van der Waals surface area contributed by atoms with Crippen LogP contribution in [0.15, 0.2) is 24.3 Å². The van der Waals surface area contributed by atoms with Crippen LogP contribution < -0.4 is 9.80 Å². The quantitative estimate of drug-likeness (QED) is 0.839. The third-order valence-corrected chi connectivity index (χ3v) is 3.67. The summed E-state index contributed by atoms with van der Waals surface area (Å²) >= 11 is 0. The number of imide groups is 1. The van der Waals surface area contributed by atoms with Crippen LogP contribution in [0.4, 0.5) is 11.4 Å². The number of nitrogens with zero attached hydrogens (tertiary/aromatic N) is 2. The molecule has 0 saturated heterocycles. The van der Waals surface area contributed by atoms with E-state index >= 15 is 0 Å². The van der Waals surface area contributed by atoms with E-state index in [1.807, 2.05) is 6.07 Å². The summed E-state index contributed by atoms with van der Waals surface area (Å²) in [5.74, 6) is -0.956. The molecule has 1 aliphatic rings.